The van der Waals surface area contributed by atoms with Crippen molar-refractivity contribution in [1.29, 1.82) is 0 Å². The normalized spacial score (nSPS) is 28.1. The molecule has 160 valence electrons. The lowest BCUT2D eigenvalue weighted by molar-refractivity contribution is -0.152. The Morgan fingerprint density at radius 1 is 1.07 bits per heavy atom. The van der Waals surface area contributed by atoms with Crippen molar-refractivity contribution in [2.45, 2.75) is 51.6 Å². The number of aryl methyl sites for hydroxylation is 1. The van der Waals surface area contributed by atoms with Crippen molar-refractivity contribution in [2.75, 3.05) is 39.8 Å². The molecule has 0 radical (unpaired) electrons. The summed E-state index contributed by atoms with van der Waals surface area (Å²) in [5, 5.41) is 0. The Kier molecular flexibility index (Phi) is 5.40. The monoisotopic (exact) mass is 408 g/mol. The summed E-state index contributed by atoms with van der Waals surface area (Å²) in [7, 11) is 1.99. The van der Waals surface area contributed by atoms with Gasteiger partial charge in [0, 0.05) is 31.9 Å². The van der Waals surface area contributed by atoms with Crippen LogP contribution in [0.1, 0.15) is 54.8 Å². The Bertz CT molecular complexity index is 790. The van der Waals surface area contributed by atoms with E-state index < -0.39 is 17.9 Å². The fourth-order valence-electron chi connectivity index (χ4n) is 5.49. The van der Waals surface area contributed by atoms with Gasteiger partial charge in [-0.1, -0.05) is 0 Å². The Labute approximate surface area is 170 Å². The highest BCUT2D eigenvalue weighted by molar-refractivity contribution is 5.94. The van der Waals surface area contributed by atoms with Crippen LogP contribution in [0.3, 0.4) is 0 Å². The molecule has 0 aromatic carbocycles. The molecule has 0 spiro atoms. The number of rotatable bonds is 3. The van der Waals surface area contributed by atoms with Crippen LogP contribution >= 0.6 is 0 Å². The van der Waals surface area contributed by atoms with Gasteiger partial charge in [0.15, 0.2) is 0 Å². The van der Waals surface area contributed by atoms with Crippen LogP contribution in [-0.2, 0) is 4.79 Å². The number of fused-ring (bicyclic) bond motifs is 1. The van der Waals surface area contributed by atoms with E-state index in [9.17, 15) is 18.4 Å². The van der Waals surface area contributed by atoms with Gasteiger partial charge in [-0.2, -0.15) is 8.78 Å². The average molecular weight is 408 g/mol. The van der Waals surface area contributed by atoms with E-state index in [1.165, 1.54) is 6.07 Å². The fraction of sp³-hybridized carbons (Fsp3) is 0.714. The summed E-state index contributed by atoms with van der Waals surface area (Å²) in [5.74, 6) is -0.233. The maximum atomic E-state index is 13.6. The van der Waals surface area contributed by atoms with Gasteiger partial charge in [-0.25, -0.2) is 0 Å². The van der Waals surface area contributed by atoms with E-state index in [4.69, 9.17) is 0 Å². The minimum Gasteiger partial charge on any atom is -0.342 e. The molecule has 0 aliphatic carbocycles. The van der Waals surface area contributed by atoms with Crippen molar-refractivity contribution in [3.05, 3.63) is 23.5 Å². The zero-order valence-electron chi connectivity index (χ0n) is 17.2. The van der Waals surface area contributed by atoms with Gasteiger partial charge in [0.2, 0.25) is 5.91 Å². The molecule has 0 saturated carbocycles. The zero-order chi connectivity index (χ0) is 20.8. The second-order valence-corrected chi connectivity index (χ2v) is 8.79. The smallest absolute Gasteiger partial charge is 0.319 e. The summed E-state index contributed by atoms with van der Waals surface area (Å²) in [6.07, 6.45) is 4.24. The lowest BCUT2D eigenvalue weighted by Crippen LogP contribution is -2.66. The van der Waals surface area contributed by atoms with Crippen molar-refractivity contribution in [1.82, 2.24) is 19.3 Å². The van der Waals surface area contributed by atoms with Crippen LogP contribution in [0.4, 0.5) is 8.78 Å². The number of likely N-dealkylation sites (N-methyl/N-ethyl adjacent to an activating group) is 1. The largest absolute Gasteiger partial charge is 0.342 e. The first-order valence-electron chi connectivity index (χ1n) is 10.6. The summed E-state index contributed by atoms with van der Waals surface area (Å²) < 4.78 is 28.0. The summed E-state index contributed by atoms with van der Waals surface area (Å²) in [5.41, 5.74) is -0.224. The second-order valence-electron chi connectivity index (χ2n) is 8.79. The van der Waals surface area contributed by atoms with Crippen molar-refractivity contribution < 1.29 is 18.4 Å². The number of nitrogens with zero attached hydrogens (tertiary/aromatic N) is 4. The highest BCUT2D eigenvalue weighted by atomic mass is 19.3. The molecule has 3 saturated heterocycles. The molecule has 0 unspecified atom stereocenters. The van der Waals surface area contributed by atoms with Gasteiger partial charge >= 0.3 is 6.55 Å². The zero-order valence-corrected chi connectivity index (χ0v) is 17.2. The molecule has 2 amide bonds. The van der Waals surface area contributed by atoms with Gasteiger partial charge in [-0.05, 0) is 64.8 Å². The van der Waals surface area contributed by atoms with Gasteiger partial charge in [0.05, 0.1) is 11.5 Å². The summed E-state index contributed by atoms with van der Waals surface area (Å²) in [6.45, 7) is 2.28. The number of hydrogen-bond donors (Lipinski definition) is 0. The van der Waals surface area contributed by atoms with E-state index in [2.05, 4.69) is 4.90 Å². The molecule has 8 heteroatoms. The van der Waals surface area contributed by atoms with Crippen LogP contribution in [0.2, 0.25) is 0 Å². The lowest BCUT2D eigenvalue weighted by Gasteiger charge is -2.54. The van der Waals surface area contributed by atoms with Crippen molar-refractivity contribution >= 4 is 11.8 Å². The van der Waals surface area contributed by atoms with Gasteiger partial charge < -0.3 is 14.7 Å². The molecule has 3 aliphatic rings. The molecule has 4 heterocycles. The van der Waals surface area contributed by atoms with Gasteiger partial charge in [0.1, 0.15) is 5.69 Å². The summed E-state index contributed by atoms with van der Waals surface area (Å²) in [4.78, 5) is 32.8. The number of likely N-dealkylation sites (tertiary alicyclic amines) is 3. The van der Waals surface area contributed by atoms with E-state index in [1.807, 2.05) is 11.9 Å². The van der Waals surface area contributed by atoms with E-state index in [-0.39, 0.29) is 17.6 Å². The molecule has 29 heavy (non-hydrogen) atoms. The van der Waals surface area contributed by atoms with Crippen LogP contribution in [0, 0.1) is 12.3 Å². The Balaban J connectivity index is 1.69. The molecule has 4 rings (SSSR count). The number of piperidine rings is 2. The topological polar surface area (TPSA) is 48.8 Å². The second kappa shape index (κ2) is 7.70. The molecule has 1 aromatic heterocycles. The van der Waals surface area contributed by atoms with Gasteiger partial charge in [-0.15, -0.1) is 0 Å². The number of amides is 2. The summed E-state index contributed by atoms with van der Waals surface area (Å²) in [6, 6.07) is 2.76. The van der Waals surface area contributed by atoms with Crippen LogP contribution in [0.25, 0.3) is 0 Å². The van der Waals surface area contributed by atoms with E-state index in [0.29, 0.717) is 25.2 Å². The molecule has 6 nitrogen and oxygen atoms in total. The third kappa shape index (κ3) is 3.35. The van der Waals surface area contributed by atoms with E-state index >= 15 is 0 Å². The number of halogens is 2. The summed E-state index contributed by atoms with van der Waals surface area (Å²) >= 11 is 0. The van der Waals surface area contributed by atoms with Crippen molar-refractivity contribution in [2.24, 2.45) is 5.41 Å². The number of aromatic nitrogens is 1. The van der Waals surface area contributed by atoms with E-state index in [0.717, 1.165) is 49.9 Å². The highest BCUT2D eigenvalue weighted by Crippen LogP contribution is 2.45. The average Bonchev–Trinajstić information content (AvgIpc) is 3.36. The molecular formula is C21H30F2N4O2. The Hall–Kier alpha value is -1.96. The number of carbonyl (C=O) groups excluding carboxylic acids is 2. The predicted octanol–water partition coefficient (Wildman–Crippen LogP) is 2.74. The van der Waals surface area contributed by atoms with Gasteiger partial charge in [0.25, 0.3) is 5.91 Å². The molecule has 2 atom stereocenters. The van der Waals surface area contributed by atoms with E-state index in [1.54, 1.807) is 17.9 Å². The molecule has 3 fully saturated rings. The number of alkyl halides is 2. The molecular weight excluding hydrogens is 378 g/mol. The third-order valence-corrected chi connectivity index (χ3v) is 7.08. The molecule has 0 bridgehead atoms. The minimum absolute atomic E-state index is 0.00940. The highest BCUT2D eigenvalue weighted by Gasteiger charge is 2.55. The Morgan fingerprint density at radius 2 is 1.79 bits per heavy atom. The quantitative estimate of drug-likeness (QED) is 0.773. The van der Waals surface area contributed by atoms with Crippen LogP contribution < -0.4 is 0 Å². The standard InChI is InChI=1S/C21H30F2N4O2/c1-15-6-7-16(27(15)20(22)23)18(28)26-12-5-8-21(9-13-24(2)14-17(21)26)19(29)25-10-3-4-11-25/h6-7,17,20H,3-5,8-14H2,1-2H3/t17-,21+/m0/s1. The maximum Gasteiger partial charge on any atom is 0.319 e. The first-order chi connectivity index (χ1) is 13.8. The molecule has 0 N–H and O–H groups in total. The lowest BCUT2D eigenvalue weighted by atomic mass is 9.67. The third-order valence-electron chi connectivity index (χ3n) is 7.08. The van der Waals surface area contributed by atoms with Crippen LogP contribution in [-0.4, -0.2) is 76.9 Å². The minimum atomic E-state index is -2.77. The van der Waals surface area contributed by atoms with Gasteiger partial charge in [-0.3, -0.25) is 14.2 Å². The van der Waals surface area contributed by atoms with Crippen LogP contribution in [0.5, 0.6) is 0 Å². The SMILES string of the molecule is Cc1ccc(C(=O)N2CCC[C@@]3(C(=O)N4CCCC4)CCN(C)C[C@H]23)n1C(F)F. The van der Waals surface area contributed by atoms with Crippen LogP contribution in [0.15, 0.2) is 12.1 Å². The predicted molar refractivity (Wildman–Crippen MR) is 105 cm³/mol. The molecule has 3 aliphatic heterocycles. The fourth-order valence-corrected chi connectivity index (χ4v) is 5.49. The number of carbonyl (C=O) groups is 2. The molecule has 1 aromatic rings. The first-order valence-corrected chi connectivity index (χ1v) is 10.6. The number of hydrogen-bond acceptors (Lipinski definition) is 3. The first kappa shape index (κ1) is 20.3. The van der Waals surface area contributed by atoms with Crippen molar-refractivity contribution in [3.63, 3.8) is 0 Å². The van der Waals surface area contributed by atoms with Crippen molar-refractivity contribution in [3.8, 4) is 0 Å². The Morgan fingerprint density at radius 3 is 2.48 bits per heavy atom. The maximum absolute atomic E-state index is 13.6.